The van der Waals surface area contributed by atoms with E-state index >= 15 is 0 Å². The van der Waals surface area contributed by atoms with Gasteiger partial charge in [-0.2, -0.15) is 0 Å². The Morgan fingerprint density at radius 2 is 1.68 bits per heavy atom. The van der Waals surface area contributed by atoms with Crippen molar-refractivity contribution in [1.29, 1.82) is 0 Å². The van der Waals surface area contributed by atoms with Crippen LogP contribution in [0.2, 0.25) is 0 Å². The highest BCUT2D eigenvalue weighted by atomic mass is 16.5. The number of benzene rings is 2. The molecule has 3 aromatic rings. The molecule has 0 unspecified atom stereocenters. The molecule has 0 N–H and O–H groups in total. The monoisotopic (exact) mass is 378 g/mol. The predicted molar refractivity (Wildman–Crippen MR) is 104 cm³/mol. The molecule has 0 aliphatic carbocycles. The second kappa shape index (κ2) is 8.52. The number of likely N-dealkylation sites (N-methyl/N-ethyl adjacent to an activating group) is 1. The number of oxazole rings is 1. The fourth-order valence-electron chi connectivity index (χ4n) is 2.80. The number of hydrogen-bond acceptors (Lipinski definition) is 5. The molecule has 0 bridgehead atoms. The predicted octanol–water partition coefficient (Wildman–Crippen LogP) is 3.85. The van der Waals surface area contributed by atoms with Crippen molar-refractivity contribution in [2.45, 2.75) is 26.5 Å². The van der Waals surface area contributed by atoms with Crippen LogP contribution in [0.5, 0.6) is 0 Å². The maximum atomic E-state index is 12.5. The summed E-state index contributed by atoms with van der Waals surface area (Å²) in [5, 5.41) is 0. The number of amides is 1. The number of carbonyl (C=O) groups is 2. The van der Waals surface area contributed by atoms with Crippen molar-refractivity contribution in [2.75, 3.05) is 7.05 Å². The summed E-state index contributed by atoms with van der Waals surface area (Å²) in [6, 6.07) is 18.9. The Bertz CT molecular complexity index is 951. The summed E-state index contributed by atoms with van der Waals surface area (Å²) in [4.78, 5) is 30.8. The Morgan fingerprint density at radius 3 is 2.32 bits per heavy atom. The third-order valence-electron chi connectivity index (χ3n) is 4.28. The number of nitrogens with zero attached hydrogens (tertiary/aromatic N) is 2. The normalized spacial score (nSPS) is 11.7. The van der Waals surface area contributed by atoms with Crippen molar-refractivity contribution in [2.24, 2.45) is 0 Å². The Hall–Kier alpha value is -3.41. The van der Waals surface area contributed by atoms with Crippen molar-refractivity contribution in [3.05, 3.63) is 77.7 Å². The van der Waals surface area contributed by atoms with Crippen LogP contribution in [-0.2, 0) is 16.1 Å². The number of carbonyl (C=O) groups excluding carboxylic acids is 2. The number of aryl methyl sites for hydroxylation is 1. The van der Waals surface area contributed by atoms with Crippen molar-refractivity contribution in [1.82, 2.24) is 9.88 Å². The molecule has 0 saturated heterocycles. The van der Waals surface area contributed by atoms with E-state index in [-0.39, 0.29) is 11.6 Å². The Kier molecular flexibility index (Phi) is 5.89. The van der Waals surface area contributed by atoms with Gasteiger partial charge in [0.25, 0.3) is 5.91 Å². The first-order valence-electron chi connectivity index (χ1n) is 8.98. The van der Waals surface area contributed by atoms with Crippen molar-refractivity contribution in [3.63, 3.8) is 0 Å². The van der Waals surface area contributed by atoms with Crippen LogP contribution in [0, 0.1) is 6.92 Å². The van der Waals surface area contributed by atoms with Gasteiger partial charge in [-0.3, -0.25) is 4.79 Å². The van der Waals surface area contributed by atoms with Gasteiger partial charge in [0.2, 0.25) is 5.89 Å². The van der Waals surface area contributed by atoms with Crippen LogP contribution in [0.15, 0.2) is 65.1 Å². The summed E-state index contributed by atoms with van der Waals surface area (Å²) < 4.78 is 10.9. The third-order valence-corrected chi connectivity index (χ3v) is 4.28. The molecule has 28 heavy (non-hydrogen) atoms. The quantitative estimate of drug-likeness (QED) is 0.609. The lowest BCUT2D eigenvalue weighted by Crippen LogP contribution is -2.37. The van der Waals surface area contributed by atoms with Crippen molar-refractivity contribution >= 4 is 11.9 Å². The number of ether oxygens (including phenoxy) is 1. The average Bonchev–Trinajstić information content (AvgIpc) is 3.10. The van der Waals surface area contributed by atoms with E-state index in [4.69, 9.17) is 9.15 Å². The molecular formula is C22H22N2O4. The maximum Gasteiger partial charge on any atom is 0.361 e. The van der Waals surface area contributed by atoms with Crippen LogP contribution in [0.3, 0.4) is 0 Å². The maximum absolute atomic E-state index is 12.5. The van der Waals surface area contributed by atoms with E-state index < -0.39 is 12.1 Å². The molecule has 3 rings (SSSR count). The van der Waals surface area contributed by atoms with E-state index in [1.807, 2.05) is 60.7 Å². The van der Waals surface area contributed by atoms with E-state index in [1.165, 1.54) is 4.90 Å². The molecule has 0 radical (unpaired) electrons. The zero-order valence-corrected chi connectivity index (χ0v) is 16.1. The van der Waals surface area contributed by atoms with Gasteiger partial charge >= 0.3 is 5.97 Å². The number of hydrogen-bond donors (Lipinski definition) is 0. The first-order valence-corrected chi connectivity index (χ1v) is 8.98. The summed E-state index contributed by atoms with van der Waals surface area (Å²) in [6.45, 7) is 3.63. The fourth-order valence-corrected chi connectivity index (χ4v) is 2.80. The number of esters is 1. The summed E-state index contributed by atoms with van der Waals surface area (Å²) in [5.41, 5.74) is 1.83. The van der Waals surface area contributed by atoms with Gasteiger partial charge in [-0.15, -0.1) is 0 Å². The van der Waals surface area contributed by atoms with E-state index in [2.05, 4.69) is 4.98 Å². The van der Waals surface area contributed by atoms with Crippen LogP contribution in [0.25, 0.3) is 11.5 Å². The third kappa shape index (κ3) is 4.46. The second-order valence-electron chi connectivity index (χ2n) is 6.52. The average molecular weight is 378 g/mol. The first kappa shape index (κ1) is 19.4. The molecular weight excluding hydrogens is 356 g/mol. The highest BCUT2D eigenvalue weighted by Gasteiger charge is 2.26. The fraction of sp³-hybridized carbons (Fsp3) is 0.227. The summed E-state index contributed by atoms with van der Waals surface area (Å²) in [7, 11) is 1.68. The molecule has 2 aromatic carbocycles. The van der Waals surface area contributed by atoms with Crippen LogP contribution < -0.4 is 0 Å². The Morgan fingerprint density at radius 1 is 1.07 bits per heavy atom. The molecule has 0 saturated carbocycles. The lowest BCUT2D eigenvalue weighted by molar-refractivity contribution is -0.139. The van der Waals surface area contributed by atoms with Gasteiger partial charge in [0.1, 0.15) is 5.76 Å². The van der Waals surface area contributed by atoms with Gasteiger partial charge in [-0.1, -0.05) is 48.5 Å². The molecule has 6 heteroatoms. The van der Waals surface area contributed by atoms with Gasteiger partial charge < -0.3 is 14.1 Å². The Labute approximate surface area is 163 Å². The van der Waals surface area contributed by atoms with Crippen molar-refractivity contribution < 1.29 is 18.7 Å². The second-order valence-corrected chi connectivity index (χ2v) is 6.52. The molecule has 0 spiro atoms. The number of aromatic nitrogens is 1. The van der Waals surface area contributed by atoms with Crippen molar-refractivity contribution in [3.8, 4) is 11.5 Å². The van der Waals surface area contributed by atoms with Gasteiger partial charge in [0, 0.05) is 19.2 Å². The molecule has 1 amide bonds. The zero-order chi connectivity index (χ0) is 20.1. The lowest BCUT2D eigenvalue weighted by Gasteiger charge is -2.21. The highest BCUT2D eigenvalue weighted by Crippen LogP contribution is 2.22. The molecule has 1 heterocycles. The van der Waals surface area contributed by atoms with E-state index in [1.54, 1.807) is 20.9 Å². The van der Waals surface area contributed by atoms with Gasteiger partial charge in [0.15, 0.2) is 11.8 Å². The van der Waals surface area contributed by atoms with Gasteiger partial charge in [0.05, 0.1) is 0 Å². The lowest BCUT2D eigenvalue weighted by atomic mass is 10.2. The molecule has 1 aromatic heterocycles. The summed E-state index contributed by atoms with van der Waals surface area (Å²) in [5.74, 6) is -0.287. The minimum Gasteiger partial charge on any atom is -0.448 e. The number of rotatable bonds is 6. The van der Waals surface area contributed by atoms with Crippen LogP contribution in [-0.4, -0.2) is 34.9 Å². The largest absolute Gasteiger partial charge is 0.448 e. The Balaban J connectivity index is 1.65. The van der Waals surface area contributed by atoms with E-state index in [0.29, 0.717) is 18.2 Å². The highest BCUT2D eigenvalue weighted by molar-refractivity contribution is 5.91. The summed E-state index contributed by atoms with van der Waals surface area (Å²) >= 11 is 0. The smallest absolute Gasteiger partial charge is 0.361 e. The molecule has 1 atom stereocenters. The standard InChI is InChI=1S/C22H22N2O4/c1-15-19(23-20(27-15)18-12-8-5-9-13-18)22(26)28-16(2)21(25)24(3)14-17-10-6-4-7-11-17/h4-13,16H,14H2,1-3H3/t16-/m1/s1. The summed E-state index contributed by atoms with van der Waals surface area (Å²) in [6.07, 6.45) is -0.933. The first-order chi connectivity index (χ1) is 13.5. The SMILES string of the molecule is Cc1oc(-c2ccccc2)nc1C(=O)O[C@H](C)C(=O)N(C)Cc1ccccc1. The zero-order valence-electron chi connectivity index (χ0n) is 16.1. The molecule has 144 valence electrons. The topological polar surface area (TPSA) is 72.6 Å². The van der Waals surface area contributed by atoms with Crippen LogP contribution >= 0.6 is 0 Å². The molecule has 0 fully saturated rings. The van der Waals surface area contributed by atoms with Gasteiger partial charge in [-0.05, 0) is 31.5 Å². The van der Waals surface area contributed by atoms with E-state index in [0.717, 1.165) is 11.1 Å². The van der Waals surface area contributed by atoms with E-state index in [9.17, 15) is 9.59 Å². The minimum atomic E-state index is -0.933. The minimum absolute atomic E-state index is 0.0733. The van der Waals surface area contributed by atoms with Crippen LogP contribution in [0.4, 0.5) is 0 Å². The molecule has 0 aliphatic heterocycles. The molecule has 6 nitrogen and oxygen atoms in total. The van der Waals surface area contributed by atoms with Crippen LogP contribution in [0.1, 0.15) is 28.7 Å². The van der Waals surface area contributed by atoms with Gasteiger partial charge in [-0.25, -0.2) is 9.78 Å². The molecule has 0 aliphatic rings.